The van der Waals surface area contributed by atoms with Crippen LogP contribution in [0.2, 0.25) is 0 Å². The van der Waals surface area contributed by atoms with Crippen LogP contribution >= 0.6 is 0 Å². The highest BCUT2D eigenvalue weighted by molar-refractivity contribution is 5.87. The molecule has 48 valence electrons. The van der Waals surface area contributed by atoms with Gasteiger partial charge in [0, 0.05) is 6.08 Å². The van der Waals surface area contributed by atoms with Crippen molar-refractivity contribution in [3.05, 3.63) is 24.3 Å². The van der Waals surface area contributed by atoms with Crippen LogP contribution in [0.25, 0.3) is 0 Å². The minimum absolute atomic E-state index is 0.270. The van der Waals surface area contributed by atoms with Crippen LogP contribution in [-0.4, -0.2) is 22.7 Å². The van der Waals surface area contributed by atoms with Crippen LogP contribution in [0.15, 0.2) is 24.3 Å². The molecule has 1 heterocycles. The van der Waals surface area contributed by atoms with Gasteiger partial charge in [-0.1, -0.05) is 18.2 Å². The summed E-state index contributed by atoms with van der Waals surface area (Å²) in [5, 5.41) is 9.39. The number of carbonyl (C=O) groups is 1. The van der Waals surface area contributed by atoms with Gasteiger partial charge < -0.3 is 0 Å². The predicted molar refractivity (Wildman–Crippen MR) is 31.8 cm³/mol. The van der Waals surface area contributed by atoms with Gasteiger partial charge >= 0.3 is 0 Å². The van der Waals surface area contributed by atoms with Gasteiger partial charge in [0.15, 0.2) is 0 Å². The Balaban J connectivity index is 2.69. The largest absolute Gasteiger partial charge is 0.285 e. The van der Waals surface area contributed by atoms with Crippen molar-refractivity contribution < 1.29 is 10.0 Å². The first kappa shape index (κ1) is 6.04. The standard InChI is InChI=1S/C6H7NO2/c8-6-4-2-1-3-5-7(6)9/h1-4,9H,5H2. The zero-order valence-corrected chi connectivity index (χ0v) is 4.82. The summed E-state index contributed by atoms with van der Waals surface area (Å²) in [6.45, 7) is 0.270. The van der Waals surface area contributed by atoms with E-state index in [1.54, 1.807) is 18.2 Å². The molecule has 0 aromatic heterocycles. The van der Waals surface area contributed by atoms with Gasteiger partial charge in [-0.3, -0.25) is 10.0 Å². The number of rotatable bonds is 0. The van der Waals surface area contributed by atoms with Crippen molar-refractivity contribution in [1.29, 1.82) is 0 Å². The lowest BCUT2D eigenvalue weighted by atomic mass is 10.5. The third-order valence-electron chi connectivity index (χ3n) is 1.02. The van der Waals surface area contributed by atoms with Gasteiger partial charge in [0.1, 0.15) is 0 Å². The molecule has 0 saturated carbocycles. The summed E-state index contributed by atoms with van der Waals surface area (Å²) in [6.07, 6.45) is 6.32. The average molecular weight is 125 g/mol. The SMILES string of the molecule is O=C1C=CC=CCN1O. The fraction of sp³-hybridized carbons (Fsp3) is 0.167. The molecule has 1 aliphatic heterocycles. The van der Waals surface area contributed by atoms with E-state index in [9.17, 15) is 4.79 Å². The Morgan fingerprint density at radius 2 is 2.33 bits per heavy atom. The van der Waals surface area contributed by atoms with Crippen molar-refractivity contribution in [2.24, 2.45) is 0 Å². The van der Waals surface area contributed by atoms with Crippen LogP contribution in [0.3, 0.4) is 0 Å². The van der Waals surface area contributed by atoms with Gasteiger partial charge in [-0.2, -0.15) is 0 Å². The first-order chi connectivity index (χ1) is 4.30. The van der Waals surface area contributed by atoms with E-state index in [-0.39, 0.29) is 12.5 Å². The van der Waals surface area contributed by atoms with Crippen molar-refractivity contribution in [3.63, 3.8) is 0 Å². The van der Waals surface area contributed by atoms with E-state index < -0.39 is 0 Å². The highest BCUT2D eigenvalue weighted by atomic mass is 16.5. The Bertz CT molecular complexity index is 172. The summed E-state index contributed by atoms with van der Waals surface area (Å²) in [6, 6.07) is 0. The number of carbonyl (C=O) groups excluding carboxylic acids is 1. The van der Waals surface area contributed by atoms with Crippen LogP contribution in [0.1, 0.15) is 0 Å². The average Bonchev–Trinajstić information content (AvgIpc) is 1.99. The summed E-state index contributed by atoms with van der Waals surface area (Å²) in [5.74, 6) is -0.375. The topological polar surface area (TPSA) is 40.5 Å². The van der Waals surface area contributed by atoms with E-state index in [2.05, 4.69) is 0 Å². The van der Waals surface area contributed by atoms with Crippen molar-refractivity contribution in [2.45, 2.75) is 0 Å². The van der Waals surface area contributed by atoms with E-state index in [1.807, 2.05) is 0 Å². The molecule has 0 fully saturated rings. The predicted octanol–water partition coefficient (Wildman–Crippen LogP) is 0.330. The number of hydroxylamine groups is 2. The van der Waals surface area contributed by atoms with Crippen LogP contribution in [0.4, 0.5) is 0 Å². The van der Waals surface area contributed by atoms with Crippen molar-refractivity contribution in [2.75, 3.05) is 6.54 Å². The molecule has 9 heavy (non-hydrogen) atoms. The summed E-state index contributed by atoms with van der Waals surface area (Å²) in [5.41, 5.74) is 0. The minimum atomic E-state index is -0.375. The molecule has 0 radical (unpaired) electrons. The van der Waals surface area contributed by atoms with Gasteiger partial charge in [-0.15, -0.1) is 0 Å². The number of amides is 1. The van der Waals surface area contributed by atoms with Gasteiger partial charge in [-0.25, -0.2) is 5.06 Å². The van der Waals surface area contributed by atoms with Gasteiger partial charge in [0.05, 0.1) is 6.54 Å². The van der Waals surface area contributed by atoms with Gasteiger partial charge in [-0.05, 0) is 0 Å². The van der Waals surface area contributed by atoms with Crippen LogP contribution < -0.4 is 0 Å². The Hall–Kier alpha value is -1.09. The molecule has 0 atom stereocenters. The van der Waals surface area contributed by atoms with E-state index >= 15 is 0 Å². The first-order valence-electron chi connectivity index (χ1n) is 2.64. The molecule has 0 aromatic rings. The zero-order valence-electron chi connectivity index (χ0n) is 4.82. The van der Waals surface area contributed by atoms with Crippen LogP contribution in [-0.2, 0) is 4.79 Å². The van der Waals surface area contributed by atoms with E-state index in [0.717, 1.165) is 0 Å². The third-order valence-corrected chi connectivity index (χ3v) is 1.02. The molecule has 0 unspecified atom stereocenters. The summed E-state index contributed by atoms with van der Waals surface area (Å²) in [4.78, 5) is 10.6. The third kappa shape index (κ3) is 1.40. The lowest BCUT2D eigenvalue weighted by molar-refractivity contribution is -0.156. The normalized spacial score (nSPS) is 18.3. The lowest BCUT2D eigenvalue weighted by Gasteiger charge is -2.06. The van der Waals surface area contributed by atoms with Gasteiger partial charge in [0.2, 0.25) is 0 Å². The maximum Gasteiger partial charge on any atom is 0.270 e. The molecular weight excluding hydrogens is 118 g/mol. The second kappa shape index (κ2) is 2.46. The minimum Gasteiger partial charge on any atom is -0.285 e. The zero-order chi connectivity index (χ0) is 6.69. The second-order valence-corrected chi connectivity index (χ2v) is 1.71. The molecule has 1 rings (SSSR count). The lowest BCUT2D eigenvalue weighted by Crippen LogP contribution is -2.24. The van der Waals surface area contributed by atoms with Gasteiger partial charge in [0.25, 0.3) is 5.91 Å². The van der Waals surface area contributed by atoms with Crippen molar-refractivity contribution in [1.82, 2.24) is 5.06 Å². The quantitative estimate of drug-likeness (QED) is 0.474. The second-order valence-electron chi connectivity index (χ2n) is 1.71. The smallest absolute Gasteiger partial charge is 0.270 e. The Morgan fingerprint density at radius 3 is 3.11 bits per heavy atom. The molecule has 1 amide bonds. The Labute approximate surface area is 52.8 Å². The van der Waals surface area contributed by atoms with E-state index in [4.69, 9.17) is 5.21 Å². The van der Waals surface area contributed by atoms with E-state index in [1.165, 1.54) is 6.08 Å². The number of hydrogen-bond donors (Lipinski definition) is 1. The van der Waals surface area contributed by atoms with E-state index in [0.29, 0.717) is 5.06 Å². The van der Waals surface area contributed by atoms with Crippen LogP contribution in [0, 0.1) is 0 Å². The fourth-order valence-electron chi connectivity index (χ4n) is 0.553. The molecule has 3 heteroatoms. The highest BCUT2D eigenvalue weighted by Gasteiger charge is 2.04. The molecule has 0 aliphatic carbocycles. The summed E-state index contributed by atoms with van der Waals surface area (Å²) < 4.78 is 0. The maximum absolute atomic E-state index is 10.6. The first-order valence-corrected chi connectivity index (χ1v) is 2.64. The Kier molecular flexibility index (Phi) is 1.65. The molecule has 0 bridgehead atoms. The van der Waals surface area contributed by atoms with Crippen molar-refractivity contribution >= 4 is 5.91 Å². The Morgan fingerprint density at radius 1 is 1.56 bits per heavy atom. The fourth-order valence-corrected chi connectivity index (χ4v) is 0.553. The molecule has 0 saturated heterocycles. The van der Waals surface area contributed by atoms with Crippen molar-refractivity contribution in [3.8, 4) is 0 Å². The monoisotopic (exact) mass is 125 g/mol. The number of nitrogens with zero attached hydrogens (tertiary/aromatic N) is 1. The number of hydrogen-bond acceptors (Lipinski definition) is 2. The summed E-state index contributed by atoms with van der Waals surface area (Å²) in [7, 11) is 0. The maximum atomic E-state index is 10.6. The molecule has 0 aromatic carbocycles. The number of allylic oxidation sites excluding steroid dienone is 2. The van der Waals surface area contributed by atoms with Crippen LogP contribution in [0.5, 0.6) is 0 Å². The molecule has 0 spiro atoms. The molecule has 1 aliphatic rings. The molecule has 1 N–H and O–H groups in total. The molecular formula is C6H7NO2. The summed E-state index contributed by atoms with van der Waals surface area (Å²) >= 11 is 0. The highest BCUT2D eigenvalue weighted by Crippen LogP contribution is 1.92. The molecule has 3 nitrogen and oxygen atoms in total.